The predicted molar refractivity (Wildman–Crippen MR) is 62.1 cm³/mol. The Morgan fingerprint density at radius 1 is 1.47 bits per heavy atom. The van der Waals surface area contributed by atoms with E-state index in [1.165, 1.54) is 5.06 Å². The molecule has 0 saturated carbocycles. The fourth-order valence-electron chi connectivity index (χ4n) is 1.60. The highest BCUT2D eigenvalue weighted by Crippen LogP contribution is 2.13. The van der Waals surface area contributed by atoms with Gasteiger partial charge in [0.2, 0.25) is 0 Å². The lowest BCUT2D eigenvalue weighted by atomic mass is 10.1. The third kappa shape index (κ3) is 5.34. The first-order chi connectivity index (χ1) is 7.78. The van der Waals surface area contributed by atoms with Gasteiger partial charge in [-0.2, -0.15) is 0 Å². The van der Waals surface area contributed by atoms with Crippen LogP contribution in [0.5, 0.6) is 0 Å². The molecule has 0 aliphatic carbocycles. The van der Waals surface area contributed by atoms with E-state index in [0.717, 1.165) is 6.42 Å². The summed E-state index contributed by atoms with van der Waals surface area (Å²) in [7, 11) is 0. The number of hydrogen-bond acceptors (Lipinski definition) is 6. The van der Waals surface area contributed by atoms with E-state index in [0.29, 0.717) is 19.5 Å². The molecule has 1 aliphatic rings. The molecule has 2 atom stereocenters. The van der Waals surface area contributed by atoms with Gasteiger partial charge in [0.1, 0.15) is 5.60 Å². The minimum Gasteiger partial charge on any atom is -0.427 e. The molecule has 0 bridgehead atoms. The number of carbonyl (C=O) groups excluding carboxylic acids is 1. The fraction of sp³-hybridized carbons (Fsp3) is 0.909. The standard InChI is InChI=1S/C11H22N2O4/c1-11(2,3)16-10(15)17-13-6-4-5-9(14)8(12)7-13/h8-9,14H,4-7,12H2,1-3H3/t8-,9-/m1/s1. The second kappa shape index (κ2) is 5.66. The Kier molecular flexibility index (Phi) is 4.73. The molecule has 17 heavy (non-hydrogen) atoms. The van der Waals surface area contributed by atoms with Crippen LogP contribution >= 0.6 is 0 Å². The number of ether oxygens (including phenoxy) is 1. The Morgan fingerprint density at radius 2 is 2.12 bits per heavy atom. The Balaban J connectivity index is 2.43. The SMILES string of the molecule is CC(C)(C)OC(=O)ON1CCC[C@@H](O)[C@H](N)C1. The number of rotatable bonds is 1. The quantitative estimate of drug-likeness (QED) is 0.660. The van der Waals surface area contributed by atoms with Gasteiger partial charge in [0.15, 0.2) is 0 Å². The number of aliphatic hydroxyl groups excluding tert-OH is 1. The molecule has 6 heteroatoms. The molecule has 0 amide bonds. The summed E-state index contributed by atoms with van der Waals surface area (Å²) in [4.78, 5) is 16.5. The average Bonchev–Trinajstić information content (AvgIpc) is 2.26. The molecule has 0 aromatic rings. The number of nitrogens with zero attached hydrogens (tertiary/aromatic N) is 1. The summed E-state index contributed by atoms with van der Waals surface area (Å²) in [6.07, 6.45) is 0.0795. The first-order valence-corrected chi connectivity index (χ1v) is 5.87. The zero-order valence-electron chi connectivity index (χ0n) is 10.7. The third-order valence-corrected chi connectivity index (χ3v) is 2.41. The summed E-state index contributed by atoms with van der Waals surface area (Å²) in [6.45, 7) is 6.19. The summed E-state index contributed by atoms with van der Waals surface area (Å²) in [6, 6.07) is -0.403. The van der Waals surface area contributed by atoms with Crippen molar-refractivity contribution in [2.45, 2.75) is 51.4 Å². The van der Waals surface area contributed by atoms with Gasteiger partial charge in [-0.3, -0.25) is 0 Å². The van der Waals surface area contributed by atoms with E-state index in [1.807, 2.05) is 0 Å². The van der Waals surface area contributed by atoms with E-state index >= 15 is 0 Å². The predicted octanol–water partition coefficient (Wildman–Crippen LogP) is 0.637. The minimum atomic E-state index is -0.735. The van der Waals surface area contributed by atoms with Crippen molar-refractivity contribution in [3.05, 3.63) is 0 Å². The summed E-state index contributed by atoms with van der Waals surface area (Å²) in [5.74, 6) is 0. The van der Waals surface area contributed by atoms with Crippen molar-refractivity contribution >= 4 is 6.16 Å². The second-order valence-electron chi connectivity index (χ2n) is 5.32. The molecule has 1 saturated heterocycles. The molecule has 6 nitrogen and oxygen atoms in total. The highest BCUT2D eigenvalue weighted by atomic mass is 16.8. The number of carbonyl (C=O) groups is 1. The van der Waals surface area contributed by atoms with Gasteiger partial charge in [-0.1, -0.05) is 0 Å². The molecule has 0 aromatic heterocycles. The van der Waals surface area contributed by atoms with Crippen LogP contribution < -0.4 is 5.73 Å². The lowest BCUT2D eigenvalue weighted by molar-refractivity contribution is -0.143. The number of nitrogens with two attached hydrogens (primary N) is 1. The Bertz CT molecular complexity index is 265. The first kappa shape index (κ1) is 14.2. The summed E-state index contributed by atoms with van der Waals surface area (Å²) in [5.41, 5.74) is 5.17. The molecule has 0 unspecified atom stereocenters. The number of aliphatic hydroxyl groups is 1. The summed E-state index contributed by atoms with van der Waals surface area (Å²) in [5, 5.41) is 11.0. The van der Waals surface area contributed by atoms with E-state index in [1.54, 1.807) is 20.8 Å². The number of hydrogen-bond donors (Lipinski definition) is 2. The van der Waals surface area contributed by atoms with Gasteiger partial charge in [-0.15, -0.1) is 5.06 Å². The van der Waals surface area contributed by atoms with Crippen LogP contribution in [0.3, 0.4) is 0 Å². The van der Waals surface area contributed by atoms with Gasteiger partial charge >= 0.3 is 6.16 Å². The largest absolute Gasteiger partial charge is 0.528 e. The third-order valence-electron chi connectivity index (χ3n) is 2.41. The van der Waals surface area contributed by atoms with Crippen LogP contribution in [0.25, 0.3) is 0 Å². The van der Waals surface area contributed by atoms with Gasteiger partial charge in [-0.05, 0) is 33.6 Å². The molecule has 1 fully saturated rings. The van der Waals surface area contributed by atoms with Gasteiger partial charge < -0.3 is 20.4 Å². The van der Waals surface area contributed by atoms with Crippen molar-refractivity contribution in [1.29, 1.82) is 0 Å². The highest BCUT2D eigenvalue weighted by molar-refractivity contribution is 5.60. The monoisotopic (exact) mass is 246 g/mol. The first-order valence-electron chi connectivity index (χ1n) is 5.87. The fourth-order valence-corrected chi connectivity index (χ4v) is 1.60. The minimum absolute atomic E-state index is 0.320. The van der Waals surface area contributed by atoms with Crippen molar-refractivity contribution in [2.24, 2.45) is 5.73 Å². The van der Waals surface area contributed by atoms with E-state index in [2.05, 4.69) is 0 Å². The van der Waals surface area contributed by atoms with Crippen LogP contribution in [0.2, 0.25) is 0 Å². The summed E-state index contributed by atoms with van der Waals surface area (Å²) >= 11 is 0. The van der Waals surface area contributed by atoms with Crippen LogP contribution in [0, 0.1) is 0 Å². The zero-order chi connectivity index (χ0) is 13.1. The number of hydroxylamine groups is 2. The van der Waals surface area contributed by atoms with Gasteiger partial charge in [-0.25, -0.2) is 4.79 Å². The average molecular weight is 246 g/mol. The molecule has 0 spiro atoms. The van der Waals surface area contributed by atoms with Crippen LogP contribution in [0.4, 0.5) is 4.79 Å². The molecule has 1 rings (SSSR count). The Labute approximate surface area is 102 Å². The molecule has 100 valence electrons. The molecule has 3 N–H and O–H groups in total. The van der Waals surface area contributed by atoms with Crippen molar-refractivity contribution in [1.82, 2.24) is 5.06 Å². The van der Waals surface area contributed by atoms with Gasteiger partial charge in [0, 0.05) is 12.6 Å². The molecule has 0 aromatic carbocycles. The van der Waals surface area contributed by atoms with Gasteiger partial charge in [0.25, 0.3) is 0 Å². The normalized spacial score (nSPS) is 27.4. The van der Waals surface area contributed by atoms with E-state index < -0.39 is 23.9 Å². The molecule has 0 radical (unpaired) electrons. The maximum absolute atomic E-state index is 11.4. The second-order valence-corrected chi connectivity index (χ2v) is 5.32. The lowest BCUT2D eigenvalue weighted by Crippen LogP contribution is -2.43. The summed E-state index contributed by atoms with van der Waals surface area (Å²) < 4.78 is 5.04. The molecule has 1 heterocycles. The maximum atomic E-state index is 11.4. The van der Waals surface area contributed by atoms with E-state index in [9.17, 15) is 9.90 Å². The Morgan fingerprint density at radius 3 is 2.71 bits per heavy atom. The molecular formula is C11H22N2O4. The molecular weight excluding hydrogens is 224 g/mol. The van der Waals surface area contributed by atoms with E-state index in [-0.39, 0.29) is 0 Å². The highest BCUT2D eigenvalue weighted by Gasteiger charge is 2.26. The van der Waals surface area contributed by atoms with Crippen LogP contribution in [-0.4, -0.2) is 47.2 Å². The maximum Gasteiger partial charge on any atom is 0.528 e. The zero-order valence-corrected chi connectivity index (χ0v) is 10.7. The van der Waals surface area contributed by atoms with Crippen molar-refractivity contribution in [3.63, 3.8) is 0 Å². The van der Waals surface area contributed by atoms with Gasteiger partial charge in [0.05, 0.1) is 12.6 Å². The van der Waals surface area contributed by atoms with Crippen molar-refractivity contribution < 1.29 is 19.5 Å². The van der Waals surface area contributed by atoms with Crippen LogP contribution in [0.15, 0.2) is 0 Å². The Hall–Kier alpha value is -0.850. The van der Waals surface area contributed by atoms with E-state index in [4.69, 9.17) is 15.3 Å². The van der Waals surface area contributed by atoms with Crippen molar-refractivity contribution in [3.8, 4) is 0 Å². The topological polar surface area (TPSA) is 85.0 Å². The lowest BCUT2D eigenvalue weighted by Gasteiger charge is -2.24. The van der Waals surface area contributed by atoms with Crippen LogP contribution in [0.1, 0.15) is 33.6 Å². The molecule has 1 aliphatic heterocycles. The van der Waals surface area contributed by atoms with Crippen LogP contribution in [-0.2, 0) is 9.57 Å². The smallest absolute Gasteiger partial charge is 0.427 e. The van der Waals surface area contributed by atoms with Crippen molar-refractivity contribution in [2.75, 3.05) is 13.1 Å².